The molecule has 2 amide bonds. The van der Waals surface area contributed by atoms with E-state index in [-0.39, 0.29) is 5.91 Å². The molecular weight excluding hydrogens is 404 g/mol. The molecule has 6 unspecified atom stereocenters. The lowest BCUT2D eigenvalue weighted by Gasteiger charge is -2.36. The largest absolute Gasteiger partial charge is 0.342 e. The van der Waals surface area contributed by atoms with Crippen LogP contribution in [0.25, 0.3) is 0 Å². The average Bonchev–Trinajstić information content (AvgIpc) is 3.16. The Hall–Kier alpha value is -2.04. The molecule has 31 heavy (non-hydrogen) atoms. The summed E-state index contributed by atoms with van der Waals surface area (Å²) in [5.74, 6) is -2.59. The molecule has 9 heteroatoms. The summed E-state index contributed by atoms with van der Waals surface area (Å²) in [6.45, 7) is 10.6. The maximum atomic E-state index is 13.1. The predicted octanol–water partition coefficient (Wildman–Crippen LogP) is 1.83. The number of carbonyl (C=O) groups is 2. The number of rotatable bonds is 4. The third-order valence-corrected chi connectivity index (χ3v) is 5.57. The highest BCUT2D eigenvalue weighted by atomic mass is 16.9. The molecule has 3 heterocycles. The number of hydrogen-bond acceptors (Lipinski definition) is 7. The zero-order valence-electron chi connectivity index (χ0n) is 18.6. The Labute approximate surface area is 181 Å². The van der Waals surface area contributed by atoms with Crippen LogP contribution < -0.4 is 10.6 Å². The van der Waals surface area contributed by atoms with E-state index >= 15 is 0 Å². The number of amides is 2. The van der Waals surface area contributed by atoms with E-state index in [2.05, 4.69) is 10.6 Å². The first-order valence-electron chi connectivity index (χ1n) is 10.5. The van der Waals surface area contributed by atoms with Crippen molar-refractivity contribution in [3.05, 3.63) is 29.8 Å². The van der Waals surface area contributed by atoms with Gasteiger partial charge in [0.05, 0.1) is 0 Å². The molecule has 0 bridgehead atoms. The molecule has 9 nitrogen and oxygen atoms in total. The summed E-state index contributed by atoms with van der Waals surface area (Å²) in [6, 6.07) is 6.64. The summed E-state index contributed by atoms with van der Waals surface area (Å²) in [4.78, 5) is 25.7. The van der Waals surface area contributed by atoms with Crippen molar-refractivity contribution in [2.75, 3.05) is 5.32 Å². The predicted molar refractivity (Wildman–Crippen MR) is 110 cm³/mol. The Bertz CT molecular complexity index is 871. The Balaban J connectivity index is 1.46. The molecule has 0 saturated carbocycles. The van der Waals surface area contributed by atoms with Crippen molar-refractivity contribution in [1.29, 1.82) is 0 Å². The number of hydrogen-bond donors (Lipinski definition) is 2. The van der Waals surface area contributed by atoms with Gasteiger partial charge < -0.3 is 34.3 Å². The first kappa shape index (κ1) is 22.2. The average molecular weight is 434 g/mol. The zero-order valence-corrected chi connectivity index (χ0v) is 18.6. The van der Waals surface area contributed by atoms with Crippen LogP contribution in [-0.4, -0.2) is 60.1 Å². The molecule has 0 aromatic heterocycles. The molecule has 0 radical (unpaired) electrons. The first-order valence-corrected chi connectivity index (χ1v) is 10.5. The van der Waals surface area contributed by atoms with Crippen molar-refractivity contribution in [3.63, 3.8) is 0 Å². The van der Waals surface area contributed by atoms with Crippen LogP contribution in [0.15, 0.2) is 24.3 Å². The highest BCUT2D eigenvalue weighted by molar-refractivity contribution is 5.98. The van der Waals surface area contributed by atoms with Gasteiger partial charge in [-0.05, 0) is 53.2 Å². The van der Waals surface area contributed by atoms with Gasteiger partial charge in [-0.1, -0.05) is 18.2 Å². The molecule has 2 N–H and O–H groups in total. The normalized spacial score (nSPS) is 33.8. The monoisotopic (exact) mass is 434 g/mol. The van der Waals surface area contributed by atoms with Gasteiger partial charge in [-0.15, -0.1) is 0 Å². The van der Waals surface area contributed by atoms with Crippen LogP contribution in [0.3, 0.4) is 0 Å². The van der Waals surface area contributed by atoms with E-state index in [0.29, 0.717) is 5.69 Å². The number of fused-ring (bicyclic) bond motifs is 3. The van der Waals surface area contributed by atoms with Crippen molar-refractivity contribution < 1.29 is 33.3 Å². The summed E-state index contributed by atoms with van der Waals surface area (Å²) in [5, 5.41) is 5.55. The van der Waals surface area contributed by atoms with Gasteiger partial charge in [-0.25, -0.2) is 0 Å². The van der Waals surface area contributed by atoms with E-state index in [4.69, 9.17) is 23.7 Å². The van der Waals surface area contributed by atoms with Gasteiger partial charge in [-0.3, -0.25) is 9.59 Å². The summed E-state index contributed by atoms with van der Waals surface area (Å²) in [5.41, 5.74) is 1.62. The maximum absolute atomic E-state index is 13.1. The number of aryl methyl sites for hydroxylation is 1. The molecule has 3 aliphatic heterocycles. The van der Waals surface area contributed by atoms with Crippen molar-refractivity contribution in [2.24, 2.45) is 0 Å². The molecule has 0 spiro atoms. The number of nitrogens with one attached hydrogen (secondary N) is 2. The molecule has 4 rings (SSSR count). The quantitative estimate of drug-likeness (QED) is 0.745. The van der Waals surface area contributed by atoms with Crippen LogP contribution in [-0.2, 0) is 33.3 Å². The highest BCUT2D eigenvalue weighted by Gasteiger charge is 2.62. The Kier molecular flexibility index (Phi) is 5.60. The first-order chi connectivity index (χ1) is 14.5. The zero-order chi connectivity index (χ0) is 22.6. The van der Waals surface area contributed by atoms with E-state index in [0.717, 1.165) is 5.56 Å². The molecule has 3 aliphatic rings. The SMILES string of the molecule is Cc1ccccc1NC(=O)C(C)NC(=O)C1OC2OC(C)(C)OC2C2OC(C)(C)OC12. The fourth-order valence-corrected chi connectivity index (χ4v) is 4.14. The van der Waals surface area contributed by atoms with Crippen LogP contribution in [0.1, 0.15) is 40.2 Å². The van der Waals surface area contributed by atoms with Crippen molar-refractivity contribution >= 4 is 17.5 Å². The van der Waals surface area contributed by atoms with Gasteiger partial charge in [0.25, 0.3) is 5.91 Å². The summed E-state index contributed by atoms with van der Waals surface area (Å²) >= 11 is 0. The van der Waals surface area contributed by atoms with Gasteiger partial charge in [0.2, 0.25) is 5.91 Å². The van der Waals surface area contributed by atoms with Gasteiger partial charge in [0.1, 0.15) is 24.4 Å². The number of anilines is 1. The Morgan fingerprint density at radius 1 is 0.935 bits per heavy atom. The Morgan fingerprint density at radius 2 is 1.55 bits per heavy atom. The van der Waals surface area contributed by atoms with E-state index in [9.17, 15) is 9.59 Å². The van der Waals surface area contributed by atoms with Gasteiger partial charge >= 0.3 is 0 Å². The van der Waals surface area contributed by atoms with Crippen LogP contribution >= 0.6 is 0 Å². The van der Waals surface area contributed by atoms with Crippen molar-refractivity contribution in [3.8, 4) is 0 Å². The lowest BCUT2D eigenvalue weighted by atomic mass is 9.98. The second kappa shape index (κ2) is 7.83. The molecule has 1 aromatic rings. The second-order valence-corrected chi connectivity index (χ2v) is 9.12. The topological polar surface area (TPSA) is 104 Å². The minimum absolute atomic E-state index is 0.335. The van der Waals surface area contributed by atoms with Crippen molar-refractivity contribution in [2.45, 2.75) is 89.9 Å². The molecular formula is C22H30N2O7. The van der Waals surface area contributed by atoms with E-state index < -0.39 is 54.2 Å². The fourth-order valence-electron chi connectivity index (χ4n) is 4.14. The number of ether oxygens (including phenoxy) is 5. The minimum atomic E-state index is -1.01. The summed E-state index contributed by atoms with van der Waals surface area (Å²) in [6.07, 6.45) is -3.55. The second-order valence-electron chi connectivity index (χ2n) is 9.12. The van der Waals surface area contributed by atoms with Crippen LogP contribution in [0.5, 0.6) is 0 Å². The molecule has 3 saturated heterocycles. The van der Waals surface area contributed by atoms with Gasteiger partial charge in [0, 0.05) is 5.69 Å². The smallest absolute Gasteiger partial charge is 0.252 e. The third-order valence-electron chi connectivity index (χ3n) is 5.57. The standard InChI is InChI=1S/C22H30N2O7/c1-11-9-7-8-10-13(11)24-18(25)12(2)23-19(26)16-14-15(29-21(3,4)28-14)17-20(27-16)31-22(5,6)30-17/h7-10,12,14-17,20H,1-6H3,(H,23,26)(H,24,25). The molecule has 0 aliphatic carbocycles. The van der Waals surface area contributed by atoms with Crippen LogP contribution in [0.2, 0.25) is 0 Å². The summed E-state index contributed by atoms with van der Waals surface area (Å²) in [7, 11) is 0. The lowest BCUT2D eigenvalue weighted by molar-refractivity contribution is -0.231. The molecule has 170 valence electrons. The maximum Gasteiger partial charge on any atom is 0.252 e. The van der Waals surface area contributed by atoms with Crippen molar-refractivity contribution in [1.82, 2.24) is 5.32 Å². The van der Waals surface area contributed by atoms with Crippen LogP contribution in [0.4, 0.5) is 5.69 Å². The van der Waals surface area contributed by atoms with Crippen LogP contribution in [0, 0.1) is 6.92 Å². The summed E-state index contributed by atoms with van der Waals surface area (Å²) < 4.78 is 29.7. The van der Waals surface area contributed by atoms with Gasteiger partial charge in [0.15, 0.2) is 24.0 Å². The van der Waals surface area contributed by atoms with Gasteiger partial charge in [-0.2, -0.15) is 0 Å². The number of benzene rings is 1. The van der Waals surface area contributed by atoms with E-state index in [1.807, 2.05) is 31.2 Å². The number of para-hydroxylation sites is 1. The molecule has 1 aromatic carbocycles. The van der Waals surface area contributed by atoms with E-state index in [1.54, 1.807) is 34.6 Å². The lowest BCUT2D eigenvalue weighted by Crippen LogP contribution is -2.60. The third kappa shape index (κ3) is 4.47. The molecule has 6 atom stereocenters. The number of carbonyl (C=O) groups excluding carboxylic acids is 2. The fraction of sp³-hybridized carbons (Fsp3) is 0.636. The molecule has 3 fully saturated rings. The van der Waals surface area contributed by atoms with E-state index in [1.165, 1.54) is 0 Å². The highest BCUT2D eigenvalue weighted by Crippen LogP contribution is 2.44. The Morgan fingerprint density at radius 3 is 2.26 bits per heavy atom. The minimum Gasteiger partial charge on any atom is -0.342 e.